The number of benzene rings is 3. The first-order valence-electron chi connectivity index (χ1n) is 11.3. The lowest BCUT2D eigenvalue weighted by Gasteiger charge is -2.23. The first kappa shape index (κ1) is 25.4. The quantitative estimate of drug-likeness (QED) is 0.330. The van der Waals surface area contributed by atoms with Crippen LogP contribution in [0.1, 0.15) is 23.5 Å². The molecule has 9 heteroatoms. The minimum atomic E-state index is -0.931. The second-order valence-corrected chi connectivity index (χ2v) is 8.16. The molecule has 192 valence electrons. The summed E-state index contributed by atoms with van der Waals surface area (Å²) in [5.74, 6) is -1.08. The minimum Gasteiger partial charge on any atom is -0.507 e. The molecular formula is C28H26O9. The Hall–Kier alpha value is -4.66. The number of hydrogen-bond acceptors (Lipinski definition) is 9. The van der Waals surface area contributed by atoms with Gasteiger partial charge in [-0.15, -0.1) is 0 Å². The Balaban J connectivity index is 2.09. The molecule has 0 aliphatic rings. The molecule has 9 nitrogen and oxygen atoms in total. The van der Waals surface area contributed by atoms with Gasteiger partial charge in [0.15, 0.2) is 16.9 Å². The van der Waals surface area contributed by atoms with Crippen molar-refractivity contribution in [3.8, 4) is 40.1 Å². The van der Waals surface area contributed by atoms with E-state index in [1.807, 2.05) is 6.07 Å². The van der Waals surface area contributed by atoms with Gasteiger partial charge in [0.25, 0.3) is 0 Å². The van der Waals surface area contributed by atoms with Gasteiger partial charge in [-0.1, -0.05) is 30.3 Å². The molecule has 0 aliphatic heterocycles. The van der Waals surface area contributed by atoms with Crippen LogP contribution in [-0.2, 0) is 9.53 Å². The van der Waals surface area contributed by atoms with Gasteiger partial charge in [0.2, 0.25) is 0 Å². The highest BCUT2D eigenvalue weighted by atomic mass is 16.5. The van der Waals surface area contributed by atoms with E-state index in [0.29, 0.717) is 28.4 Å². The number of phenolic OH excluding ortho intramolecular Hbond substituents is 2. The van der Waals surface area contributed by atoms with Crippen LogP contribution in [0.3, 0.4) is 0 Å². The Morgan fingerprint density at radius 2 is 1.51 bits per heavy atom. The number of ether oxygens (including phenoxy) is 4. The van der Waals surface area contributed by atoms with E-state index in [1.165, 1.54) is 34.5 Å². The molecule has 0 aliphatic carbocycles. The molecule has 0 amide bonds. The fourth-order valence-electron chi connectivity index (χ4n) is 4.35. The molecule has 37 heavy (non-hydrogen) atoms. The third-order valence-electron chi connectivity index (χ3n) is 6.11. The molecule has 1 unspecified atom stereocenters. The van der Waals surface area contributed by atoms with Crippen molar-refractivity contribution in [1.82, 2.24) is 0 Å². The van der Waals surface area contributed by atoms with Crippen molar-refractivity contribution in [3.63, 3.8) is 0 Å². The Kier molecular flexibility index (Phi) is 7.24. The summed E-state index contributed by atoms with van der Waals surface area (Å²) >= 11 is 0. The lowest BCUT2D eigenvalue weighted by molar-refractivity contribution is -0.140. The van der Waals surface area contributed by atoms with E-state index < -0.39 is 23.1 Å². The average molecular weight is 507 g/mol. The highest BCUT2D eigenvalue weighted by molar-refractivity contribution is 5.91. The fourth-order valence-corrected chi connectivity index (χ4v) is 4.35. The molecule has 4 rings (SSSR count). The molecule has 3 aromatic carbocycles. The number of fused-ring (bicyclic) bond motifs is 1. The van der Waals surface area contributed by atoms with E-state index >= 15 is 0 Å². The van der Waals surface area contributed by atoms with Gasteiger partial charge in [-0.05, 0) is 6.07 Å². The smallest absolute Gasteiger partial charge is 0.306 e. The van der Waals surface area contributed by atoms with Crippen molar-refractivity contribution in [1.29, 1.82) is 0 Å². The Labute approximate surface area is 212 Å². The van der Waals surface area contributed by atoms with Crippen LogP contribution >= 0.6 is 0 Å². The topological polar surface area (TPSA) is 125 Å². The predicted molar refractivity (Wildman–Crippen MR) is 136 cm³/mol. The zero-order valence-corrected chi connectivity index (χ0v) is 20.7. The standard InChI is InChI=1S/C28H26O9/c1-33-22-14-24(35-3)23(34-2)10-16(22)17(11-25(32)36-4)26-18(29)12-19(30)27-20(31)13-21(37-28(26)27)15-8-6-5-7-9-15/h5-10,12-14,17,29-30H,11H2,1-4H3. The van der Waals surface area contributed by atoms with E-state index in [-0.39, 0.29) is 34.5 Å². The summed E-state index contributed by atoms with van der Waals surface area (Å²) < 4.78 is 27.5. The maximum absolute atomic E-state index is 13.1. The first-order chi connectivity index (χ1) is 17.8. The van der Waals surface area contributed by atoms with Crippen LogP contribution < -0.4 is 19.6 Å². The Morgan fingerprint density at radius 1 is 0.865 bits per heavy atom. The second kappa shape index (κ2) is 10.5. The normalized spacial score (nSPS) is 11.7. The molecule has 0 fully saturated rings. The van der Waals surface area contributed by atoms with Crippen molar-refractivity contribution in [2.45, 2.75) is 12.3 Å². The minimum absolute atomic E-state index is 0.0744. The molecule has 4 aromatic rings. The molecule has 0 saturated carbocycles. The molecule has 0 saturated heterocycles. The molecule has 1 aromatic heterocycles. The van der Waals surface area contributed by atoms with Crippen molar-refractivity contribution in [2.24, 2.45) is 0 Å². The number of carbonyl (C=O) groups is 1. The van der Waals surface area contributed by atoms with Gasteiger partial charge < -0.3 is 33.6 Å². The molecule has 0 bridgehead atoms. The number of hydrogen-bond donors (Lipinski definition) is 2. The van der Waals surface area contributed by atoms with Gasteiger partial charge in [-0.25, -0.2) is 0 Å². The summed E-state index contributed by atoms with van der Waals surface area (Å²) in [5, 5.41) is 21.5. The monoisotopic (exact) mass is 506 g/mol. The lowest BCUT2D eigenvalue weighted by atomic mass is 9.85. The van der Waals surface area contributed by atoms with Gasteiger partial charge in [0.05, 0.1) is 34.9 Å². The molecule has 2 N–H and O–H groups in total. The van der Waals surface area contributed by atoms with E-state index in [0.717, 1.165) is 6.07 Å². The maximum Gasteiger partial charge on any atom is 0.306 e. The largest absolute Gasteiger partial charge is 0.507 e. The fraction of sp³-hybridized carbons (Fsp3) is 0.214. The maximum atomic E-state index is 13.1. The number of aromatic hydroxyl groups is 2. The van der Waals surface area contributed by atoms with E-state index in [4.69, 9.17) is 23.4 Å². The number of phenols is 2. The van der Waals surface area contributed by atoms with Crippen LogP contribution in [0.2, 0.25) is 0 Å². The average Bonchev–Trinajstić information content (AvgIpc) is 2.91. The van der Waals surface area contributed by atoms with Gasteiger partial charge >= 0.3 is 5.97 Å². The molecule has 1 heterocycles. The van der Waals surface area contributed by atoms with Crippen LogP contribution in [0.15, 0.2) is 63.8 Å². The highest BCUT2D eigenvalue weighted by Gasteiger charge is 2.31. The van der Waals surface area contributed by atoms with Gasteiger partial charge in [0.1, 0.15) is 34.0 Å². The predicted octanol–water partition coefficient (Wildman–Crippen LogP) is 4.59. The Bertz CT molecular complexity index is 1510. The summed E-state index contributed by atoms with van der Waals surface area (Å²) in [6.45, 7) is 0. The van der Waals surface area contributed by atoms with Crippen molar-refractivity contribution in [2.75, 3.05) is 28.4 Å². The summed E-state index contributed by atoms with van der Waals surface area (Å²) in [6, 6.07) is 14.4. The third-order valence-corrected chi connectivity index (χ3v) is 6.11. The zero-order valence-electron chi connectivity index (χ0n) is 20.7. The molecule has 0 spiro atoms. The second-order valence-electron chi connectivity index (χ2n) is 8.16. The van der Waals surface area contributed by atoms with Crippen LogP contribution in [0.5, 0.6) is 28.7 Å². The number of esters is 1. The third kappa shape index (κ3) is 4.75. The first-order valence-corrected chi connectivity index (χ1v) is 11.3. The van der Waals surface area contributed by atoms with E-state index in [9.17, 15) is 19.8 Å². The summed E-state index contributed by atoms with van der Waals surface area (Å²) in [4.78, 5) is 25.7. The molecule has 0 radical (unpaired) electrons. The van der Waals surface area contributed by atoms with E-state index in [1.54, 1.807) is 36.4 Å². The Morgan fingerprint density at radius 3 is 2.14 bits per heavy atom. The molecule has 1 atom stereocenters. The van der Waals surface area contributed by atoms with Crippen LogP contribution in [0.4, 0.5) is 0 Å². The van der Waals surface area contributed by atoms with Gasteiger partial charge in [0, 0.05) is 40.8 Å². The van der Waals surface area contributed by atoms with Crippen molar-refractivity contribution < 1.29 is 38.4 Å². The molecular weight excluding hydrogens is 480 g/mol. The van der Waals surface area contributed by atoms with E-state index in [2.05, 4.69) is 0 Å². The van der Waals surface area contributed by atoms with Crippen molar-refractivity contribution >= 4 is 16.9 Å². The van der Waals surface area contributed by atoms with Crippen LogP contribution in [-0.4, -0.2) is 44.6 Å². The van der Waals surface area contributed by atoms with Crippen molar-refractivity contribution in [3.05, 3.63) is 75.9 Å². The number of methoxy groups -OCH3 is 4. The van der Waals surface area contributed by atoms with Crippen LogP contribution in [0, 0.1) is 0 Å². The summed E-state index contributed by atoms with van der Waals surface area (Å²) in [7, 11) is 5.63. The lowest BCUT2D eigenvalue weighted by Crippen LogP contribution is -2.13. The zero-order chi connectivity index (χ0) is 26.7. The van der Waals surface area contributed by atoms with Gasteiger partial charge in [-0.3, -0.25) is 9.59 Å². The summed E-state index contributed by atoms with van der Waals surface area (Å²) in [6.07, 6.45) is -0.255. The number of rotatable bonds is 8. The highest BCUT2D eigenvalue weighted by Crippen LogP contribution is 2.47. The van der Waals surface area contributed by atoms with Crippen LogP contribution in [0.25, 0.3) is 22.3 Å². The SMILES string of the molecule is COC(=O)CC(c1cc(OC)c(OC)cc1OC)c1c(O)cc(O)c2c(=O)cc(-c3ccccc3)oc12. The summed E-state index contributed by atoms with van der Waals surface area (Å²) in [5.41, 5.74) is 0.548. The number of carbonyl (C=O) groups excluding carboxylic acids is 1. The van der Waals surface area contributed by atoms with Gasteiger partial charge in [-0.2, -0.15) is 0 Å².